The van der Waals surface area contributed by atoms with Crippen molar-refractivity contribution in [3.8, 4) is 11.8 Å². The van der Waals surface area contributed by atoms with Crippen LogP contribution in [-0.4, -0.2) is 41.7 Å². The van der Waals surface area contributed by atoms with Gasteiger partial charge in [0.25, 0.3) is 5.91 Å². The molecule has 4 nitrogen and oxygen atoms in total. The maximum atomic E-state index is 12.8. The number of aliphatic hydroxyl groups is 1. The molecule has 0 saturated carbocycles. The first-order chi connectivity index (χ1) is 10.2. The van der Waals surface area contributed by atoms with Gasteiger partial charge < -0.3 is 15.7 Å². The van der Waals surface area contributed by atoms with E-state index in [4.69, 9.17) is 5.73 Å². The lowest BCUT2D eigenvalue weighted by Gasteiger charge is -2.35. The molecule has 1 saturated heterocycles. The number of hydrogen-bond donors (Lipinski definition) is 2. The fourth-order valence-corrected chi connectivity index (χ4v) is 2.76. The third kappa shape index (κ3) is 3.44. The summed E-state index contributed by atoms with van der Waals surface area (Å²) >= 11 is 0. The van der Waals surface area contributed by atoms with Gasteiger partial charge in [0.05, 0.1) is 19.2 Å². The van der Waals surface area contributed by atoms with E-state index in [0.29, 0.717) is 18.7 Å². The molecule has 112 valence electrons. The summed E-state index contributed by atoms with van der Waals surface area (Å²) in [6, 6.07) is 5.51. The topological polar surface area (TPSA) is 66.6 Å². The molecular formula is C17H22N2O2. The summed E-state index contributed by atoms with van der Waals surface area (Å²) in [5, 5.41) is 9.47. The maximum Gasteiger partial charge on any atom is 0.254 e. The molecule has 0 bridgehead atoms. The number of carbonyl (C=O) groups excluding carboxylic acids is 1. The van der Waals surface area contributed by atoms with Gasteiger partial charge in [0.15, 0.2) is 0 Å². The van der Waals surface area contributed by atoms with Crippen molar-refractivity contribution in [2.24, 2.45) is 5.73 Å². The molecule has 3 N–H and O–H groups in total. The zero-order chi connectivity index (χ0) is 15.2. The van der Waals surface area contributed by atoms with E-state index < -0.39 is 0 Å². The Labute approximate surface area is 125 Å². The zero-order valence-electron chi connectivity index (χ0n) is 12.4. The van der Waals surface area contributed by atoms with E-state index >= 15 is 0 Å². The van der Waals surface area contributed by atoms with Crippen LogP contribution in [0.5, 0.6) is 0 Å². The minimum absolute atomic E-state index is 0.0114. The summed E-state index contributed by atoms with van der Waals surface area (Å²) in [5.74, 6) is 5.81. The molecule has 1 aliphatic heterocycles. The number of piperidine rings is 1. The van der Waals surface area contributed by atoms with Crippen molar-refractivity contribution in [3.63, 3.8) is 0 Å². The minimum Gasteiger partial charge on any atom is -0.394 e. The van der Waals surface area contributed by atoms with Crippen LogP contribution >= 0.6 is 0 Å². The van der Waals surface area contributed by atoms with Gasteiger partial charge in [-0.05, 0) is 43.9 Å². The van der Waals surface area contributed by atoms with Crippen molar-refractivity contribution in [1.29, 1.82) is 0 Å². The highest BCUT2D eigenvalue weighted by Gasteiger charge is 2.27. The van der Waals surface area contributed by atoms with Gasteiger partial charge in [-0.15, -0.1) is 0 Å². The molecular weight excluding hydrogens is 264 g/mol. The molecule has 0 aromatic heterocycles. The van der Waals surface area contributed by atoms with E-state index in [9.17, 15) is 9.90 Å². The summed E-state index contributed by atoms with van der Waals surface area (Å²) in [5.41, 5.74) is 7.78. The number of likely N-dealkylation sites (tertiary alicyclic amines) is 1. The number of nitrogens with two attached hydrogens (primary N) is 1. The van der Waals surface area contributed by atoms with Crippen molar-refractivity contribution >= 4 is 5.91 Å². The van der Waals surface area contributed by atoms with Crippen molar-refractivity contribution in [2.75, 3.05) is 19.7 Å². The first kappa shape index (κ1) is 15.6. The predicted molar refractivity (Wildman–Crippen MR) is 82.9 cm³/mol. The molecule has 1 atom stereocenters. The van der Waals surface area contributed by atoms with E-state index in [0.717, 1.165) is 30.4 Å². The second-order valence-electron chi connectivity index (χ2n) is 5.31. The van der Waals surface area contributed by atoms with Gasteiger partial charge in [-0.1, -0.05) is 17.9 Å². The van der Waals surface area contributed by atoms with Crippen LogP contribution in [0.2, 0.25) is 0 Å². The van der Waals surface area contributed by atoms with Gasteiger partial charge in [0.1, 0.15) is 0 Å². The Morgan fingerprint density at radius 1 is 1.48 bits per heavy atom. The van der Waals surface area contributed by atoms with Crippen LogP contribution in [0, 0.1) is 18.8 Å². The fourth-order valence-electron chi connectivity index (χ4n) is 2.76. The Bertz CT molecular complexity index is 572. The van der Waals surface area contributed by atoms with Crippen molar-refractivity contribution in [2.45, 2.75) is 32.2 Å². The number of hydrogen-bond acceptors (Lipinski definition) is 3. The van der Waals surface area contributed by atoms with Crippen molar-refractivity contribution in [1.82, 2.24) is 4.90 Å². The third-order valence-corrected chi connectivity index (χ3v) is 3.99. The van der Waals surface area contributed by atoms with E-state index in [-0.39, 0.29) is 18.6 Å². The first-order valence-electron chi connectivity index (χ1n) is 7.39. The zero-order valence-corrected chi connectivity index (χ0v) is 12.4. The van der Waals surface area contributed by atoms with Crippen LogP contribution in [-0.2, 0) is 0 Å². The summed E-state index contributed by atoms with van der Waals surface area (Å²) in [6.07, 6.45) is 2.93. The third-order valence-electron chi connectivity index (χ3n) is 3.99. The van der Waals surface area contributed by atoms with Gasteiger partial charge in [0, 0.05) is 17.7 Å². The first-order valence-corrected chi connectivity index (χ1v) is 7.39. The molecule has 4 heteroatoms. The lowest BCUT2D eigenvalue weighted by atomic mass is 9.98. The Morgan fingerprint density at radius 3 is 3.00 bits per heavy atom. The molecule has 21 heavy (non-hydrogen) atoms. The lowest BCUT2D eigenvalue weighted by Crippen LogP contribution is -2.45. The second kappa shape index (κ2) is 7.26. The molecule has 0 aliphatic carbocycles. The van der Waals surface area contributed by atoms with Crippen LogP contribution in [0.3, 0.4) is 0 Å². The molecule has 1 heterocycles. The predicted octanol–water partition coefficient (Wildman–Crippen LogP) is 1.29. The van der Waals surface area contributed by atoms with Crippen molar-refractivity contribution in [3.05, 3.63) is 34.9 Å². The summed E-state index contributed by atoms with van der Waals surface area (Å²) in [4.78, 5) is 14.6. The molecule has 1 aromatic rings. The molecule has 2 rings (SSSR count). The number of amides is 1. The summed E-state index contributed by atoms with van der Waals surface area (Å²) < 4.78 is 0. The Balaban J connectivity index is 2.30. The highest BCUT2D eigenvalue weighted by atomic mass is 16.3. The molecule has 1 fully saturated rings. The number of benzene rings is 1. The monoisotopic (exact) mass is 286 g/mol. The molecule has 1 aromatic carbocycles. The molecule has 1 amide bonds. The average Bonchev–Trinajstić information content (AvgIpc) is 2.53. The van der Waals surface area contributed by atoms with E-state index in [2.05, 4.69) is 11.8 Å². The molecule has 0 spiro atoms. The van der Waals surface area contributed by atoms with Gasteiger partial charge in [-0.2, -0.15) is 0 Å². The highest BCUT2D eigenvalue weighted by Crippen LogP contribution is 2.22. The highest BCUT2D eigenvalue weighted by molar-refractivity contribution is 5.96. The Hall–Kier alpha value is -1.83. The largest absolute Gasteiger partial charge is 0.394 e. The number of carbonyl (C=O) groups is 1. The van der Waals surface area contributed by atoms with Crippen LogP contribution in [0.1, 0.15) is 40.7 Å². The summed E-state index contributed by atoms with van der Waals surface area (Å²) in [7, 11) is 0. The standard InChI is InChI=1S/C17H22N2O2/c1-13-14(7-5-10-18)6-4-9-16(13)17(21)19-11-3-2-8-15(19)12-20/h4,6,9,15,20H,2-3,8,10-12,18H2,1H3. The quantitative estimate of drug-likeness (QED) is 0.805. The average molecular weight is 286 g/mol. The van der Waals surface area contributed by atoms with Crippen molar-refractivity contribution < 1.29 is 9.90 Å². The summed E-state index contributed by atoms with van der Waals surface area (Å²) in [6.45, 7) is 2.95. The van der Waals surface area contributed by atoms with Gasteiger partial charge in [-0.3, -0.25) is 4.79 Å². The van der Waals surface area contributed by atoms with Crippen LogP contribution < -0.4 is 5.73 Å². The van der Waals surface area contributed by atoms with Crippen LogP contribution in [0.4, 0.5) is 0 Å². The fraction of sp³-hybridized carbons (Fsp3) is 0.471. The smallest absolute Gasteiger partial charge is 0.254 e. The van der Waals surface area contributed by atoms with Gasteiger partial charge in [0.2, 0.25) is 0 Å². The SMILES string of the molecule is Cc1c(C#CCN)cccc1C(=O)N1CCCCC1CO. The minimum atomic E-state index is -0.0653. The Kier molecular flexibility index (Phi) is 5.38. The van der Waals surface area contributed by atoms with Gasteiger partial charge in [-0.25, -0.2) is 0 Å². The normalized spacial score (nSPS) is 18.0. The Morgan fingerprint density at radius 2 is 2.29 bits per heavy atom. The number of rotatable bonds is 2. The van der Waals surface area contributed by atoms with Crippen LogP contribution in [0.15, 0.2) is 18.2 Å². The number of nitrogens with zero attached hydrogens (tertiary/aromatic N) is 1. The molecule has 0 radical (unpaired) electrons. The van der Waals surface area contributed by atoms with E-state index in [1.165, 1.54) is 0 Å². The molecule has 1 unspecified atom stereocenters. The second-order valence-corrected chi connectivity index (χ2v) is 5.31. The van der Waals surface area contributed by atoms with E-state index in [1.54, 1.807) is 4.90 Å². The number of aliphatic hydroxyl groups excluding tert-OH is 1. The lowest BCUT2D eigenvalue weighted by molar-refractivity contribution is 0.0502. The molecule has 1 aliphatic rings. The van der Waals surface area contributed by atoms with Gasteiger partial charge >= 0.3 is 0 Å². The maximum absolute atomic E-state index is 12.8. The van der Waals surface area contributed by atoms with Crippen LogP contribution in [0.25, 0.3) is 0 Å². The van der Waals surface area contributed by atoms with E-state index in [1.807, 2.05) is 25.1 Å².